The molecule has 6 aromatic rings. The van der Waals surface area contributed by atoms with E-state index in [0.717, 1.165) is 46.7 Å². The van der Waals surface area contributed by atoms with E-state index in [9.17, 15) is 0 Å². The van der Waals surface area contributed by atoms with Crippen LogP contribution in [-0.4, -0.2) is 9.97 Å². The number of hydrogen-bond donors (Lipinski definition) is 0. The van der Waals surface area contributed by atoms with Crippen LogP contribution in [0.5, 0.6) is 0 Å². The zero-order chi connectivity index (χ0) is 28.3. The van der Waals surface area contributed by atoms with Gasteiger partial charge < -0.3 is 0 Å². The molecule has 0 fully saturated rings. The van der Waals surface area contributed by atoms with E-state index >= 15 is 0 Å². The van der Waals surface area contributed by atoms with Gasteiger partial charge in [-0.1, -0.05) is 86.6 Å². The minimum absolute atomic E-state index is 0. The van der Waals surface area contributed by atoms with Crippen LogP contribution >= 0.6 is 0 Å². The van der Waals surface area contributed by atoms with Crippen LogP contribution in [0.4, 0.5) is 0 Å². The fourth-order valence-corrected chi connectivity index (χ4v) is 7.16. The van der Waals surface area contributed by atoms with E-state index in [4.69, 9.17) is 9.97 Å². The van der Waals surface area contributed by atoms with Crippen LogP contribution in [0.3, 0.4) is 0 Å². The Kier molecular flexibility index (Phi) is 6.79. The van der Waals surface area contributed by atoms with Crippen molar-refractivity contribution in [1.29, 1.82) is 0 Å². The first-order valence-corrected chi connectivity index (χ1v) is 14.7. The number of pyridine rings is 2. The van der Waals surface area contributed by atoms with Gasteiger partial charge >= 0.3 is 21.1 Å². The van der Waals surface area contributed by atoms with Gasteiger partial charge in [0.1, 0.15) is 5.41 Å². The Bertz CT molecular complexity index is 1850. The number of nitrogens with zero attached hydrogens (tertiary/aromatic N) is 2. The van der Waals surface area contributed by atoms with Gasteiger partial charge in [-0.25, -0.2) is 0 Å². The maximum atomic E-state index is 5.48. The average Bonchev–Trinajstić information content (AvgIpc) is 3.05. The number of fused-ring (bicyclic) bond motifs is 16. The van der Waals surface area contributed by atoms with Crippen molar-refractivity contribution in [2.45, 2.75) is 37.5 Å². The maximum absolute atomic E-state index is 5.48. The zero-order valence-corrected chi connectivity index (χ0v) is 26.4. The number of rotatable bonds is 0. The second-order valence-corrected chi connectivity index (χ2v) is 12.0. The fourth-order valence-electron chi connectivity index (χ4n) is 7.16. The van der Waals surface area contributed by atoms with Crippen molar-refractivity contribution in [3.8, 4) is 22.5 Å². The van der Waals surface area contributed by atoms with Gasteiger partial charge in [-0.2, -0.15) is 0 Å². The second kappa shape index (κ2) is 10.5. The van der Waals surface area contributed by atoms with Crippen LogP contribution in [0.1, 0.15) is 58.6 Å². The van der Waals surface area contributed by atoms with Crippen LogP contribution in [-0.2, 0) is 44.7 Å². The van der Waals surface area contributed by atoms with E-state index < -0.39 is 5.41 Å². The van der Waals surface area contributed by atoms with Gasteiger partial charge in [0, 0.05) is 5.41 Å². The summed E-state index contributed by atoms with van der Waals surface area (Å²) < 4.78 is 0. The van der Waals surface area contributed by atoms with E-state index in [2.05, 4.69) is 147 Å². The summed E-state index contributed by atoms with van der Waals surface area (Å²) in [4.78, 5) is 11.0. The Hall–Kier alpha value is -4.13. The van der Waals surface area contributed by atoms with Crippen LogP contribution in [0.2, 0.25) is 0 Å². The van der Waals surface area contributed by atoms with E-state index in [-0.39, 0.29) is 26.5 Å². The minimum Gasteiger partial charge on any atom is -0.300 e. The second-order valence-electron chi connectivity index (χ2n) is 12.0. The van der Waals surface area contributed by atoms with Crippen molar-refractivity contribution in [3.05, 3.63) is 178 Å². The zero-order valence-electron chi connectivity index (χ0n) is 24.2. The molecule has 2 aromatic heterocycles. The molecule has 8 rings (SSSR count). The van der Waals surface area contributed by atoms with Crippen molar-refractivity contribution in [2.24, 2.45) is 0 Å². The topological polar surface area (TPSA) is 25.8 Å². The first-order chi connectivity index (χ1) is 20.5. The van der Waals surface area contributed by atoms with Crippen molar-refractivity contribution in [3.63, 3.8) is 0 Å². The molecule has 0 unspecified atom stereocenters. The average molecular weight is 734 g/mol. The predicted molar refractivity (Wildman–Crippen MR) is 168 cm³/mol. The molecule has 0 saturated heterocycles. The van der Waals surface area contributed by atoms with Gasteiger partial charge in [0.05, 0.1) is 11.4 Å². The Balaban J connectivity index is 0.00000300. The molecular formula is C40H30N2Pt. The number of aryl methyl sites for hydroxylation is 2. The molecule has 43 heavy (non-hydrogen) atoms. The van der Waals surface area contributed by atoms with Gasteiger partial charge in [0.15, 0.2) is 0 Å². The summed E-state index contributed by atoms with van der Waals surface area (Å²) >= 11 is 0. The van der Waals surface area contributed by atoms with Crippen LogP contribution in [0.15, 0.2) is 121 Å². The van der Waals surface area contributed by atoms with Gasteiger partial charge in [0.2, 0.25) is 0 Å². The monoisotopic (exact) mass is 733 g/mol. The molecule has 2 aliphatic rings. The fraction of sp³-hybridized carbons (Fsp3) is 0.150. The molecule has 4 aromatic carbocycles. The van der Waals surface area contributed by atoms with E-state index in [1.165, 1.54) is 33.4 Å². The standard InChI is InChI=1S/C40H30N2.Pt/c1-39(2)31-15-3-5-17-33(31)40(34-18-6-4-16-32(34)39)37-21-9-19-35(41-37)29-13-7-11-27(25-29)23-24-28-12-8-14-30(26-28)36-20-10-22-38(40)42-36;/h3-22H,23-24H2,1-2H3;/q-2;+2. The number of aromatic nitrogens is 2. The molecule has 0 atom stereocenters. The molecule has 0 amide bonds. The summed E-state index contributed by atoms with van der Waals surface area (Å²) in [5.41, 5.74) is 12.3. The summed E-state index contributed by atoms with van der Waals surface area (Å²) in [5, 5.41) is 0. The SMILES string of the molecule is CC1(C)c2ccccc2C2(c3cccc(n3)-c3[c-]c(ccc3)CCc3[c-]c(ccc3)-c3cccc2n3)c2ccccc21.[Pt+2]. The summed E-state index contributed by atoms with van der Waals surface area (Å²) in [6, 6.07) is 50.8. The molecule has 3 heterocycles. The van der Waals surface area contributed by atoms with Crippen molar-refractivity contribution >= 4 is 0 Å². The molecule has 2 nitrogen and oxygen atoms in total. The molecule has 210 valence electrons. The Morgan fingerprint density at radius 1 is 0.488 bits per heavy atom. The Morgan fingerprint density at radius 3 is 1.37 bits per heavy atom. The smallest absolute Gasteiger partial charge is 0.300 e. The Morgan fingerprint density at radius 2 is 0.907 bits per heavy atom. The molecule has 8 bridgehead atoms. The molecule has 0 radical (unpaired) electrons. The molecule has 1 spiro atoms. The van der Waals surface area contributed by atoms with Crippen molar-refractivity contribution < 1.29 is 21.1 Å². The summed E-state index contributed by atoms with van der Waals surface area (Å²) in [6.45, 7) is 4.66. The molecule has 0 saturated carbocycles. The van der Waals surface area contributed by atoms with Gasteiger partial charge in [-0.05, 0) is 58.6 Å². The third-order valence-electron chi connectivity index (χ3n) is 9.20. The number of hydrogen-bond acceptors (Lipinski definition) is 2. The van der Waals surface area contributed by atoms with Gasteiger partial charge in [0.25, 0.3) is 0 Å². The normalized spacial score (nSPS) is 15.2. The van der Waals surface area contributed by atoms with Crippen LogP contribution in [0.25, 0.3) is 22.5 Å². The first-order valence-electron chi connectivity index (χ1n) is 14.7. The largest absolute Gasteiger partial charge is 2.00 e. The van der Waals surface area contributed by atoms with Crippen molar-refractivity contribution in [2.75, 3.05) is 0 Å². The van der Waals surface area contributed by atoms with E-state index in [1.54, 1.807) is 0 Å². The third-order valence-corrected chi connectivity index (χ3v) is 9.20. The molecule has 0 N–H and O–H groups in total. The van der Waals surface area contributed by atoms with Gasteiger partial charge in [-0.15, -0.1) is 70.8 Å². The quantitative estimate of drug-likeness (QED) is 0.146. The minimum atomic E-state index is -0.718. The van der Waals surface area contributed by atoms with E-state index in [0.29, 0.717) is 0 Å². The predicted octanol–water partition coefficient (Wildman–Crippen LogP) is 8.53. The molecule has 1 aliphatic heterocycles. The number of benzene rings is 4. The van der Waals surface area contributed by atoms with Gasteiger partial charge in [-0.3, -0.25) is 9.97 Å². The van der Waals surface area contributed by atoms with E-state index in [1.807, 2.05) is 0 Å². The van der Waals surface area contributed by atoms with Crippen LogP contribution < -0.4 is 0 Å². The molecule has 1 aliphatic carbocycles. The van der Waals surface area contributed by atoms with Crippen LogP contribution in [0, 0.1) is 12.1 Å². The summed E-state index contributed by atoms with van der Waals surface area (Å²) in [5.74, 6) is 0. The summed E-state index contributed by atoms with van der Waals surface area (Å²) in [7, 11) is 0. The Labute approximate surface area is 268 Å². The van der Waals surface area contributed by atoms with Crippen molar-refractivity contribution in [1.82, 2.24) is 9.97 Å². The molecule has 3 heteroatoms. The first kappa shape index (κ1) is 27.7. The summed E-state index contributed by atoms with van der Waals surface area (Å²) in [6.07, 6.45) is 1.78. The maximum Gasteiger partial charge on any atom is 2.00 e. The molecular weight excluding hydrogens is 704 g/mol. The third kappa shape index (κ3) is 4.27.